The minimum absolute atomic E-state index is 0.0944. The first-order valence-corrected chi connectivity index (χ1v) is 8.47. The second-order valence-corrected chi connectivity index (χ2v) is 6.05. The molecule has 6 nitrogen and oxygen atoms in total. The van der Waals surface area contributed by atoms with Crippen molar-refractivity contribution in [2.45, 2.75) is 13.0 Å². The molecule has 2 aromatic carbocycles. The van der Waals surface area contributed by atoms with Crippen LogP contribution in [0.2, 0.25) is 0 Å². The molecule has 0 aliphatic heterocycles. The summed E-state index contributed by atoms with van der Waals surface area (Å²) in [7, 11) is 0. The molecule has 0 saturated heterocycles. The molecular weight excluding hydrogens is 345 g/mol. The summed E-state index contributed by atoms with van der Waals surface area (Å²) in [4.78, 5) is 12.1. The van der Waals surface area contributed by atoms with Crippen molar-refractivity contribution >= 4 is 11.6 Å². The van der Waals surface area contributed by atoms with Crippen LogP contribution in [0.3, 0.4) is 0 Å². The maximum absolute atomic E-state index is 13.2. The topological polar surface area (TPSA) is 72.2 Å². The molecule has 0 aliphatic rings. The van der Waals surface area contributed by atoms with Gasteiger partial charge in [-0.2, -0.15) is 9.61 Å². The standard InChI is InChI=1S/C20H16FN5O/c21-16-8-4-5-14(11-16)12-20(27)22-13-19-24-23-18-10-9-17(25-26(18)19)15-6-2-1-3-7-15/h1-11H,12-13H2,(H,22,27). The van der Waals surface area contributed by atoms with E-state index >= 15 is 0 Å². The second kappa shape index (κ2) is 7.33. The fourth-order valence-electron chi connectivity index (χ4n) is 2.78. The minimum Gasteiger partial charge on any atom is -0.348 e. The van der Waals surface area contributed by atoms with Crippen LogP contribution >= 0.6 is 0 Å². The predicted molar refractivity (Wildman–Crippen MR) is 98.2 cm³/mol. The van der Waals surface area contributed by atoms with Gasteiger partial charge in [0.25, 0.3) is 0 Å². The van der Waals surface area contributed by atoms with E-state index in [1.807, 2.05) is 42.5 Å². The Balaban J connectivity index is 1.49. The molecular formula is C20H16FN5O. The van der Waals surface area contributed by atoms with Crippen molar-refractivity contribution in [2.24, 2.45) is 0 Å². The summed E-state index contributed by atoms with van der Waals surface area (Å²) < 4.78 is 14.8. The normalized spacial score (nSPS) is 10.9. The summed E-state index contributed by atoms with van der Waals surface area (Å²) in [5.41, 5.74) is 2.98. The van der Waals surface area contributed by atoms with E-state index in [4.69, 9.17) is 0 Å². The van der Waals surface area contributed by atoms with E-state index in [0.29, 0.717) is 17.0 Å². The monoisotopic (exact) mass is 361 g/mol. The highest BCUT2D eigenvalue weighted by atomic mass is 19.1. The molecule has 0 atom stereocenters. The van der Waals surface area contributed by atoms with E-state index in [-0.39, 0.29) is 24.7 Å². The third-order valence-electron chi connectivity index (χ3n) is 4.09. The van der Waals surface area contributed by atoms with Crippen molar-refractivity contribution in [1.82, 2.24) is 25.1 Å². The van der Waals surface area contributed by atoms with Gasteiger partial charge in [-0.1, -0.05) is 42.5 Å². The molecule has 0 unspecified atom stereocenters. The number of hydrogen-bond donors (Lipinski definition) is 1. The van der Waals surface area contributed by atoms with Gasteiger partial charge in [0.05, 0.1) is 18.7 Å². The van der Waals surface area contributed by atoms with E-state index in [2.05, 4.69) is 20.6 Å². The summed E-state index contributed by atoms with van der Waals surface area (Å²) in [5, 5.41) is 15.5. The summed E-state index contributed by atoms with van der Waals surface area (Å²) in [5.74, 6) is -0.0617. The first kappa shape index (κ1) is 16.8. The van der Waals surface area contributed by atoms with Gasteiger partial charge in [0.1, 0.15) is 5.82 Å². The molecule has 7 heteroatoms. The van der Waals surface area contributed by atoms with Crippen LogP contribution in [0.1, 0.15) is 11.4 Å². The van der Waals surface area contributed by atoms with E-state index in [0.717, 1.165) is 11.3 Å². The largest absolute Gasteiger partial charge is 0.348 e. The van der Waals surface area contributed by atoms with Gasteiger partial charge >= 0.3 is 0 Å². The molecule has 1 amide bonds. The van der Waals surface area contributed by atoms with Gasteiger partial charge < -0.3 is 5.32 Å². The van der Waals surface area contributed by atoms with E-state index < -0.39 is 0 Å². The lowest BCUT2D eigenvalue weighted by atomic mass is 10.1. The Labute approximate surface area is 154 Å². The Hall–Kier alpha value is -3.61. The third kappa shape index (κ3) is 3.82. The fraction of sp³-hybridized carbons (Fsp3) is 0.100. The summed E-state index contributed by atoms with van der Waals surface area (Å²) in [6.07, 6.45) is 0.0944. The number of halogens is 1. The molecule has 0 radical (unpaired) electrons. The lowest BCUT2D eigenvalue weighted by molar-refractivity contribution is -0.120. The van der Waals surface area contributed by atoms with Crippen LogP contribution in [0.25, 0.3) is 16.9 Å². The molecule has 1 N–H and O–H groups in total. The van der Waals surface area contributed by atoms with Crippen molar-refractivity contribution in [2.75, 3.05) is 0 Å². The predicted octanol–water partition coefficient (Wildman–Crippen LogP) is 2.79. The average molecular weight is 361 g/mol. The lowest BCUT2D eigenvalue weighted by Crippen LogP contribution is -2.25. The zero-order valence-electron chi connectivity index (χ0n) is 14.3. The fourth-order valence-corrected chi connectivity index (χ4v) is 2.78. The lowest BCUT2D eigenvalue weighted by Gasteiger charge is -2.05. The van der Waals surface area contributed by atoms with Gasteiger partial charge in [0, 0.05) is 5.56 Å². The second-order valence-electron chi connectivity index (χ2n) is 6.05. The summed E-state index contributed by atoms with van der Waals surface area (Å²) in [6.45, 7) is 0.181. The van der Waals surface area contributed by atoms with Crippen molar-refractivity contribution in [3.8, 4) is 11.3 Å². The first-order valence-electron chi connectivity index (χ1n) is 8.47. The Morgan fingerprint density at radius 3 is 2.67 bits per heavy atom. The smallest absolute Gasteiger partial charge is 0.224 e. The summed E-state index contributed by atoms with van der Waals surface area (Å²) >= 11 is 0. The Kier molecular flexibility index (Phi) is 4.57. The maximum Gasteiger partial charge on any atom is 0.224 e. The molecule has 4 rings (SSSR count). The number of amides is 1. The molecule has 2 aromatic heterocycles. The molecule has 0 spiro atoms. The van der Waals surface area contributed by atoms with Crippen molar-refractivity contribution in [3.63, 3.8) is 0 Å². The number of fused-ring (bicyclic) bond motifs is 1. The zero-order valence-corrected chi connectivity index (χ0v) is 14.3. The number of carbonyl (C=O) groups excluding carboxylic acids is 1. The van der Waals surface area contributed by atoms with Gasteiger partial charge in [-0.05, 0) is 29.8 Å². The number of hydrogen-bond acceptors (Lipinski definition) is 4. The van der Waals surface area contributed by atoms with Gasteiger partial charge in [0.15, 0.2) is 11.5 Å². The number of benzene rings is 2. The first-order chi connectivity index (χ1) is 13.2. The molecule has 134 valence electrons. The Bertz CT molecular complexity index is 1090. The van der Waals surface area contributed by atoms with E-state index in [9.17, 15) is 9.18 Å². The van der Waals surface area contributed by atoms with Crippen LogP contribution in [0, 0.1) is 5.82 Å². The van der Waals surface area contributed by atoms with Crippen LogP contribution in [0.5, 0.6) is 0 Å². The van der Waals surface area contributed by atoms with E-state index in [1.165, 1.54) is 12.1 Å². The van der Waals surface area contributed by atoms with Gasteiger partial charge in [-0.25, -0.2) is 4.39 Å². The SMILES string of the molecule is O=C(Cc1cccc(F)c1)NCc1nnc2ccc(-c3ccccc3)nn12. The number of nitrogens with zero attached hydrogens (tertiary/aromatic N) is 4. The zero-order chi connectivity index (χ0) is 18.6. The van der Waals surface area contributed by atoms with E-state index in [1.54, 1.807) is 16.6 Å². The molecule has 0 saturated carbocycles. The van der Waals surface area contributed by atoms with Gasteiger partial charge in [-0.15, -0.1) is 10.2 Å². The molecule has 2 heterocycles. The maximum atomic E-state index is 13.2. The molecule has 4 aromatic rings. The number of aromatic nitrogens is 4. The third-order valence-corrected chi connectivity index (χ3v) is 4.09. The number of rotatable bonds is 5. The highest BCUT2D eigenvalue weighted by Crippen LogP contribution is 2.16. The van der Waals surface area contributed by atoms with Gasteiger partial charge in [-0.3, -0.25) is 4.79 Å². The van der Waals surface area contributed by atoms with Crippen LogP contribution < -0.4 is 5.32 Å². The van der Waals surface area contributed by atoms with Gasteiger partial charge in [0.2, 0.25) is 5.91 Å². The highest BCUT2D eigenvalue weighted by Gasteiger charge is 2.11. The van der Waals surface area contributed by atoms with Crippen LogP contribution in [-0.4, -0.2) is 25.7 Å². The van der Waals surface area contributed by atoms with Crippen molar-refractivity contribution in [1.29, 1.82) is 0 Å². The molecule has 0 bridgehead atoms. The van der Waals surface area contributed by atoms with Crippen molar-refractivity contribution in [3.05, 3.63) is 83.9 Å². The Morgan fingerprint density at radius 1 is 1.00 bits per heavy atom. The molecule has 0 fully saturated rings. The molecule has 0 aliphatic carbocycles. The highest BCUT2D eigenvalue weighted by molar-refractivity contribution is 5.78. The quantitative estimate of drug-likeness (QED) is 0.593. The van der Waals surface area contributed by atoms with Crippen LogP contribution in [0.15, 0.2) is 66.7 Å². The minimum atomic E-state index is -0.360. The number of carbonyl (C=O) groups is 1. The van der Waals surface area contributed by atoms with Crippen molar-refractivity contribution < 1.29 is 9.18 Å². The number of nitrogens with one attached hydrogen (secondary N) is 1. The Morgan fingerprint density at radius 2 is 1.85 bits per heavy atom. The van der Waals surface area contributed by atoms with Crippen LogP contribution in [0.4, 0.5) is 4.39 Å². The molecule has 27 heavy (non-hydrogen) atoms. The average Bonchev–Trinajstić information content (AvgIpc) is 3.09. The van der Waals surface area contributed by atoms with Crippen LogP contribution in [-0.2, 0) is 17.8 Å². The summed E-state index contributed by atoms with van der Waals surface area (Å²) in [6, 6.07) is 19.5.